The van der Waals surface area contributed by atoms with E-state index >= 15 is 0 Å². The number of nitrogens with zero attached hydrogens (tertiary/aromatic N) is 3. The van der Waals surface area contributed by atoms with Crippen molar-refractivity contribution in [3.8, 4) is 11.5 Å². The molecule has 0 unspecified atom stereocenters. The van der Waals surface area contributed by atoms with Crippen molar-refractivity contribution < 1.29 is 19.2 Å². The van der Waals surface area contributed by atoms with E-state index in [4.69, 9.17) is 9.47 Å². The van der Waals surface area contributed by atoms with Gasteiger partial charge in [0, 0.05) is 17.3 Å². The minimum atomic E-state index is -0.709. The molecule has 0 atom stereocenters. The highest BCUT2D eigenvalue weighted by atomic mass is 16.6. The van der Waals surface area contributed by atoms with Crippen molar-refractivity contribution in [2.75, 3.05) is 7.11 Å². The lowest BCUT2D eigenvalue weighted by Crippen LogP contribution is -2.24. The summed E-state index contributed by atoms with van der Waals surface area (Å²) in [6, 6.07) is 13.3. The second kappa shape index (κ2) is 9.98. The number of nitro groups is 1. The molecule has 0 aliphatic heterocycles. The maximum Gasteiger partial charge on any atom is 0.345 e. The fraction of sp³-hybridized carbons (Fsp3) is 0.143. The fourth-order valence-electron chi connectivity index (χ4n) is 2.76. The maximum atomic E-state index is 12.1. The van der Waals surface area contributed by atoms with E-state index in [1.807, 2.05) is 30.3 Å². The Morgan fingerprint density at radius 1 is 1.28 bits per heavy atom. The number of benzene rings is 2. The Balaban J connectivity index is 1.80. The SMILES string of the molecule is COc1cc(/C=N/NC(=O)c2cc(C)[nH]c(=O)n2)cc([N+](=O)[O-])c1OCc1ccccc1. The van der Waals surface area contributed by atoms with E-state index in [2.05, 4.69) is 20.5 Å². The number of amides is 1. The van der Waals surface area contributed by atoms with Crippen molar-refractivity contribution in [2.45, 2.75) is 13.5 Å². The minimum Gasteiger partial charge on any atom is -0.493 e. The van der Waals surface area contributed by atoms with Gasteiger partial charge in [0.1, 0.15) is 12.3 Å². The molecule has 0 radical (unpaired) electrons. The van der Waals surface area contributed by atoms with Gasteiger partial charge in [-0.2, -0.15) is 10.1 Å². The number of aromatic nitrogens is 2. The molecule has 1 amide bonds. The Bertz CT molecular complexity index is 1220. The summed E-state index contributed by atoms with van der Waals surface area (Å²) in [5, 5.41) is 15.4. The largest absolute Gasteiger partial charge is 0.493 e. The third-order valence-electron chi connectivity index (χ3n) is 4.19. The number of rotatable bonds is 8. The quantitative estimate of drug-likeness (QED) is 0.312. The Morgan fingerprint density at radius 2 is 2.03 bits per heavy atom. The first-order chi connectivity index (χ1) is 15.4. The predicted molar refractivity (Wildman–Crippen MR) is 115 cm³/mol. The molecule has 164 valence electrons. The van der Waals surface area contributed by atoms with Gasteiger partial charge in [0.05, 0.1) is 18.2 Å². The number of aryl methyl sites for hydroxylation is 1. The van der Waals surface area contributed by atoms with E-state index in [-0.39, 0.29) is 35.1 Å². The zero-order valence-electron chi connectivity index (χ0n) is 17.2. The van der Waals surface area contributed by atoms with E-state index in [1.54, 1.807) is 6.92 Å². The molecular weight excluding hydrogens is 418 g/mol. The number of methoxy groups -OCH3 is 1. The molecule has 2 aromatic carbocycles. The van der Waals surface area contributed by atoms with Gasteiger partial charge in [-0.05, 0) is 24.6 Å². The van der Waals surface area contributed by atoms with Gasteiger partial charge in [-0.3, -0.25) is 14.9 Å². The normalized spacial score (nSPS) is 10.7. The van der Waals surface area contributed by atoms with Gasteiger partial charge in [-0.15, -0.1) is 0 Å². The van der Waals surface area contributed by atoms with Gasteiger partial charge in [0.15, 0.2) is 5.75 Å². The average molecular weight is 437 g/mol. The number of carbonyl (C=O) groups excluding carboxylic acids is 1. The average Bonchev–Trinajstić information content (AvgIpc) is 2.77. The Hall–Kier alpha value is -4.54. The number of carbonyl (C=O) groups is 1. The van der Waals surface area contributed by atoms with E-state index in [0.717, 1.165) is 5.56 Å². The first-order valence-electron chi connectivity index (χ1n) is 9.32. The smallest absolute Gasteiger partial charge is 0.345 e. The van der Waals surface area contributed by atoms with Crippen LogP contribution in [0.1, 0.15) is 27.3 Å². The van der Waals surface area contributed by atoms with Crippen LogP contribution in [0.5, 0.6) is 11.5 Å². The van der Waals surface area contributed by atoms with Crippen molar-refractivity contribution in [1.29, 1.82) is 0 Å². The molecule has 0 spiro atoms. The van der Waals surface area contributed by atoms with Crippen LogP contribution >= 0.6 is 0 Å². The first kappa shape index (κ1) is 22.2. The van der Waals surface area contributed by atoms with Gasteiger partial charge < -0.3 is 14.5 Å². The summed E-state index contributed by atoms with van der Waals surface area (Å²) in [5.74, 6) is -0.597. The molecular formula is C21H19N5O6. The zero-order valence-corrected chi connectivity index (χ0v) is 17.2. The molecule has 0 saturated carbocycles. The number of aromatic amines is 1. The first-order valence-corrected chi connectivity index (χ1v) is 9.32. The molecule has 2 N–H and O–H groups in total. The molecule has 0 saturated heterocycles. The van der Waals surface area contributed by atoms with Gasteiger partial charge in [0.2, 0.25) is 5.75 Å². The van der Waals surface area contributed by atoms with E-state index in [1.165, 1.54) is 31.5 Å². The van der Waals surface area contributed by atoms with Crippen LogP contribution in [0.3, 0.4) is 0 Å². The topological polar surface area (TPSA) is 149 Å². The molecule has 0 fully saturated rings. The molecule has 11 nitrogen and oxygen atoms in total. The fourth-order valence-corrected chi connectivity index (χ4v) is 2.76. The van der Waals surface area contributed by atoms with Crippen LogP contribution in [-0.2, 0) is 6.61 Å². The number of H-pyrrole nitrogens is 1. The van der Waals surface area contributed by atoms with Crippen molar-refractivity contribution >= 4 is 17.8 Å². The highest BCUT2D eigenvalue weighted by Gasteiger charge is 2.22. The summed E-state index contributed by atoms with van der Waals surface area (Å²) in [5.41, 5.74) is 2.71. The molecule has 0 aliphatic carbocycles. The molecule has 1 heterocycles. The zero-order chi connectivity index (χ0) is 23.1. The molecule has 11 heteroatoms. The van der Waals surface area contributed by atoms with Crippen molar-refractivity contribution in [3.05, 3.63) is 91.6 Å². The van der Waals surface area contributed by atoms with Gasteiger partial charge >= 0.3 is 11.4 Å². The van der Waals surface area contributed by atoms with Crippen LogP contribution in [0.15, 0.2) is 58.4 Å². The highest BCUT2D eigenvalue weighted by molar-refractivity contribution is 5.93. The Labute approximate surface area is 181 Å². The third kappa shape index (κ3) is 5.53. The summed E-state index contributed by atoms with van der Waals surface area (Å²) in [6.07, 6.45) is 1.20. The predicted octanol–water partition coefficient (Wildman–Crippen LogP) is 2.34. The van der Waals surface area contributed by atoms with Crippen molar-refractivity contribution in [3.63, 3.8) is 0 Å². The molecule has 3 rings (SSSR count). The minimum absolute atomic E-state index is 0.0225. The van der Waals surface area contributed by atoms with Crippen LogP contribution in [0.4, 0.5) is 5.69 Å². The van der Waals surface area contributed by atoms with Gasteiger partial charge in [-0.25, -0.2) is 10.2 Å². The lowest BCUT2D eigenvalue weighted by atomic mass is 10.1. The second-order valence-corrected chi connectivity index (χ2v) is 6.56. The van der Waals surface area contributed by atoms with Crippen LogP contribution < -0.4 is 20.6 Å². The van der Waals surface area contributed by atoms with Crippen LogP contribution in [0.25, 0.3) is 0 Å². The number of nitro benzene ring substituents is 1. The van der Waals surface area contributed by atoms with Gasteiger partial charge in [0.25, 0.3) is 5.91 Å². The van der Waals surface area contributed by atoms with Crippen molar-refractivity contribution in [2.24, 2.45) is 5.10 Å². The lowest BCUT2D eigenvalue weighted by Gasteiger charge is -2.12. The second-order valence-electron chi connectivity index (χ2n) is 6.56. The maximum absolute atomic E-state index is 12.1. The molecule has 0 aliphatic rings. The number of hydrogen-bond acceptors (Lipinski definition) is 8. The Morgan fingerprint density at radius 3 is 2.69 bits per heavy atom. The van der Waals surface area contributed by atoms with E-state index in [0.29, 0.717) is 5.69 Å². The Kier molecular flexibility index (Phi) is 6.91. The van der Waals surface area contributed by atoms with Crippen molar-refractivity contribution in [1.82, 2.24) is 15.4 Å². The van der Waals surface area contributed by atoms with Crippen LogP contribution in [0.2, 0.25) is 0 Å². The monoisotopic (exact) mass is 437 g/mol. The van der Waals surface area contributed by atoms with Gasteiger partial charge in [-0.1, -0.05) is 30.3 Å². The van der Waals surface area contributed by atoms with Crippen LogP contribution in [0, 0.1) is 17.0 Å². The number of nitrogens with one attached hydrogen (secondary N) is 2. The summed E-state index contributed by atoms with van der Waals surface area (Å²) in [6.45, 7) is 1.72. The van der Waals surface area contributed by atoms with E-state index < -0.39 is 16.5 Å². The summed E-state index contributed by atoms with van der Waals surface area (Å²) < 4.78 is 10.9. The number of hydrogen-bond donors (Lipinski definition) is 2. The summed E-state index contributed by atoms with van der Waals surface area (Å²) in [4.78, 5) is 40.5. The number of hydrazone groups is 1. The molecule has 32 heavy (non-hydrogen) atoms. The lowest BCUT2D eigenvalue weighted by molar-refractivity contribution is -0.386. The third-order valence-corrected chi connectivity index (χ3v) is 4.19. The highest BCUT2D eigenvalue weighted by Crippen LogP contribution is 2.38. The molecule has 0 bridgehead atoms. The van der Waals surface area contributed by atoms with Crippen LogP contribution in [-0.4, -0.2) is 34.1 Å². The summed E-state index contributed by atoms with van der Waals surface area (Å²) in [7, 11) is 1.36. The number of ether oxygens (including phenoxy) is 2. The van der Waals surface area contributed by atoms with E-state index in [9.17, 15) is 19.7 Å². The standard InChI is InChI=1S/C21H19N5O6/c1-13-8-16(24-21(28)23-13)20(27)25-22-11-15-9-17(26(29)30)19(18(10-15)31-2)32-12-14-6-4-3-5-7-14/h3-11H,12H2,1-2H3,(H,25,27)(H,23,24,28)/b22-11+. The molecule has 1 aromatic heterocycles. The molecule has 3 aromatic rings. The summed E-state index contributed by atoms with van der Waals surface area (Å²) >= 11 is 0.